The number of nitrogens with zero attached hydrogens (tertiary/aromatic N) is 1. The number of carbonyl (C=O) groups excluding carboxylic acids is 1. The van der Waals surface area contributed by atoms with Gasteiger partial charge in [-0.15, -0.1) is 0 Å². The predicted molar refractivity (Wildman–Crippen MR) is 85.5 cm³/mol. The number of hydrogen-bond acceptors (Lipinski definition) is 2. The molecule has 3 nitrogen and oxygen atoms in total. The van der Waals surface area contributed by atoms with Gasteiger partial charge >= 0.3 is 0 Å². The minimum atomic E-state index is 0.276. The molecule has 1 saturated heterocycles. The maximum absolute atomic E-state index is 12.6. The average molecular weight is 307 g/mol. The summed E-state index contributed by atoms with van der Waals surface area (Å²) in [6.45, 7) is 3.13. The topological polar surface area (TPSA) is 32.3 Å². The van der Waals surface area contributed by atoms with Crippen LogP contribution in [0.5, 0.6) is 0 Å². The van der Waals surface area contributed by atoms with Gasteiger partial charge in [0.15, 0.2) is 0 Å². The molecule has 0 spiro atoms. The average Bonchev–Trinajstić information content (AvgIpc) is 3.33. The molecule has 0 radical (unpaired) electrons. The summed E-state index contributed by atoms with van der Waals surface area (Å²) in [5.74, 6) is 0.944. The van der Waals surface area contributed by atoms with Crippen LogP contribution in [0.25, 0.3) is 0 Å². The number of amides is 1. The maximum Gasteiger partial charge on any atom is 0.227 e. The SMILES string of the molecule is O=C(Cc1ccc(Cl)cc1)N(CC1CCNCC1)C1CC1. The zero-order valence-corrected chi connectivity index (χ0v) is 13.1. The Morgan fingerprint density at radius 1 is 1.14 bits per heavy atom. The molecule has 3 rings (SSSR count). The predicted octanol–water partition coefficient (Wildman–Crippen LogP) is 2.87. The fourth-order valence-electron chi connectivity index (χ4n) is 3.06. The molecule has 1 aromatic rings. The lowest BCUT2D eigenvalue weighted by atomic mass is 9.97. The summed E-state index contributed by atoms with van der Waals surface area (Å²) in [5, 5.41) is 4.11. The van der Waals surface area contributed by atoms with Gasteiger partial charge < -0.3 is 10.2 Å². The molecule has 1 saturated carbocycles. The number of nitrogens with one attached hydrogen (secondary N) is 1. The lowest BCUT2D eigenvalue weighted by Gasteiger charge is -2.30. The quantitative estimate of drug-likeness (QED) is 0.907. The molecule has 0 aromatic heterocycles. The Hall–Kier alpha value is -1.06. The van der Waals surface area contributed by atoms with E-state index < -0.39 is 0 Å². The third-order valence-corrected chi connectivity index (χ3v) is 4.74. The van der Waals surface area contributed by atoms with Crippen molar-refractivity contribution < 1.29 is 4.79 Å². The molecule has 2 fully saturated rings. The molecular weight excluding hydrogens is 284 g/mol. The lowest BCUT2D eigenvalue weighted by Crippen LogP contribution is -2.41. The monoisotopic (exact) mass is 306 g/mol. The van der Waals surface area contributed by atoms with Crippen molar-refractivity contribution in [3.8, 4) is 0 Å². The Morgan fingerprint density at radius 3 is 2.43 bits per heavy atom. The number of piperidine rings is 1. The summed E-state index contributed by atoms with van der Waals surface area (Å²) < 4.78 is 0. The summed E-state index contributed by atoms with van der Waals surface area (Å²) >= 11 is 5.90. The van der Waals surface area contributed by atoms with Gasteiger partial charge in [-0.2, -0.15) is 0 Å². The van der Waals surface area contributed by atoms with Crippen molar-refractivity contribution in [3.63, 3.8) is 0 Å². The van der Waals surface area contributed by atoms with Crippen LogP contribution in [0.2, 0.25) is 5.02 Å². The first kappa shape index (κ1) is 14.9. The summed E-state index contributed by atoms with van der Waals surface area (Å²) in [6.07, 6.45) is 5.24. The zero-order valence-electron chi connectivity index (χ0n) is 12.4. The second-order valence-corrected chi connectivity index (χ2v) is 6.71. The van der Waals surface area contributed by atoms with Crippen LogP contribution in [0.1, 0.15) is 31.2 Å². The highest BCUT2D eigenvalue weighted by Gasteiger charge is 2.33. The van der Waals surface area contributed by atoms with Crippen molar-refractivity contribution in [1.82, 2.24) is 10.2 Å². The summed E-state index contributed by atoms with van der Waals surface area (Å²) in [4.78, 5) is 14.8. The number of rotatable bonds is 5. The highest BCUT2D eigenvalue weighted by molar-refractivity contribution is 6.30. The molecule has 114 valence electrons. The zero-order chi connectivity index (χ0) is 14.7. The lowest BCUT2D eigenvalue weighted by molar-refractivity contribution is -0.131. The molecular formula is C17H23ClN2O. The van der Waals surface area contributed by atoms with Gasteiger partial charge in [0.05, 0.1) is 6.42 Å². The van der Waals surface area contributed by atoms with Crippen LogP contribution in [-0.2, 0) is 11.2 Å². The minimum absolute atomic E-state index is 0.276. The Morgan fingerprint density at radius 2 is 1.81 bits per heavy atom. The molecule has 1 aliphatic carbocycles. The molecule has 0 unspecified atom stereocenters. The summed E-state index contributed by atoms with van der Waals surface area (Å²) in [5.41, 5.74) is 1.06. The van der Waals surface area contributed by atoms with Crippen molar-refractivity contribution >= 4 is 17.5 Å². The van der Waals surface area contributed by atoms with E-state index >= 15 is 0 Å². The van der Waals surface area contributed by atoms with Gasteiger partial charge in [-0.25, -0.2) is 0 Å². The van der Waals surface area contributed by atoms with E-state index in [1.807, 2.05) is 24.3 Å². The Balaban J connectivity index is 1.60. The third kappa shape index (κ3) is 4.21. The number of hydrogen-bond donors (Lipinski definition) is 1. The maximum atomic E-state index is 12.6. The third-order valence-electron chi connectivity index (χ3n) is 4.49. The molecule has 2 aliphatic rings. The molecule has 1 aromatic carbocycles. The van der Waals surface area contributed by atoms with Gasteiger partial charge in [-0.05, 0) is 62.4 Å². The van der Waals surface area contributed by atoms with E-state index in [1.165, 1.54) is 25.7 Å². The van der Waals surface area contributed by atoms with Crippen LogP contribution in [-0.4, -0.2) is 36.5 Å². The fraction of sp³-hybridized carbons (Fsp3) is 0.588. The van der Waals surface area contributed by atoms with E-state index in [4.69, 9.17) is 11.6 Å². The van der Waals surface area contributed by atoms with Crippen LogP contribution in [0, 0.1) is 5.92 Å². The van der Waals surface area contributed by atoms with Gasteiger partial charge in [0.1, 0.15) is 0 Å². The fourth-order valence-corrected chi connectivity index (χ4v) is 3.19. The van der Waals surface area contributed by atoms with Crippen LogP contribution in [0.3, 0.4) is 0 Å². The van der Waals surface area contributed by atoms with E-state index in [-0.39, 0.29) is 5.91 Å². The van der Waals surface area contributed by atoms with Gasteiger partial charge in [0.25, 0.3) is 0 Å². The second kappa shape index (κ2) is 6.80. The second-order valence-electron chi connectivity index (χ2n) is 6.27. The van der Waals surface area contributed by atoms with Gasteiger partial charge in [-0.3, -0.25) is 4.79 Å². The van der Waals surface area contributed by atoms with Crippen molar-refractivity contribution in [3.05, 3.63) is 34.9 Å². The van der Waals surface area contributed by atoms with Crippen molar-refractivity contribution in [2.75, 3.05) is 19.6 Å². The van der Waals surface area contributed by atoms with Crippen LogP contribution >= 0.6 is 11.6 Å². The highest BCUT2D eigenvalue weighted by atomic mass is 35.5. The Labute approximate surface area is 131 Å². The first-order valence-corrected chi connectivity index (χ1v) is 8.35. The van der Waals surface area contributed by atoms with Crippen LogP contribution in [0.15, 0.2) is 24.3 Å². The Kier molecular flexibility index (Phi) is 4.81. The molecule has 1 N–H and O–H groups in total. The standard InChI is InChI=1S/C17H23ClN2O/c18-15-3-1-13(2-4-15)11-17(21)20(16-5-6-16)12-14-7-9-19-10-8-14/h1-4,14,16,19H,5-12H2. The van der Waals surface area contributed by atoms with E-state index in [1.54, 1.807) is 0 Å². The van der Waals surface area contributed by atoms with Crippen molar-refractivity contribution in [2.24, 2.45) is 5.92 Å². The smallest absolute Gasteiger partial charge is 0.227 e. The normalized spacial score (nSPS) is 19.5. The molecule has 21 heavy (non-hydrogen) atoms. The number of benzene rings is 1. The molecule has 1 heterocycles. The molecule has 0 bridgehead atoms. The van der Waals surface area contributed by atoms with Gasteiger partial charge in [0.2, 0.25) is 5.91 Å². The van der Waals surface area contributed by atoms with E-state index in [0.29, 0.717) is 18.4 Å². The van der Waals surface area contributed by atoms with E-state index in [9.17, 15) is 4.79 Å². The highest BCUT2D eigenvalue weighted by Crippen LogP contribution is 2.29. The van der Waals surface area contributed by atoms with Crippen LogP contribution < -0.4 is 5.32 Å². The molecule has 1 aliphatic heterocycles. The van der Waals surface area contributed by atoms with E-state index in [0.717, 1.165) is 30.2 Å². The number of carbonyl (C=O) groups is 1. The first-order chi connectivity index (χ1) is 10.2. The molecule has 4 heteroatoms. The van der Waals surface area contributed by atoms with Crippen molar-refractivity contribution in [2.45, 2.75) is 38.1 Å². The first-order valence-electron chi connectivity index (χ1n) is 7.97. The van der Waals surface area contributed by atoms with Crippen molar-refractivity contribution in [1.29, 1.82) is 0 Å². The minimum Gasteiger partial charge on any atom is -0.339 e. The van der Waals surface area contributed by atoms with Gasteiger partial charge in [0, 0.05) is 17.6 Å². The summed E-state index contributed by atoms with van der Waals surface area (Å²) in [7, 11) is 0. The molecule has 0 atom stereocenters. The largest absolute Gasteiger partial charge is 0.339 e. The van der Waals surface area contributed by atoms with E-state index in [2.05, 4.69) is 10.2 Å². The number of halogens is 1. The Bertz CT molecular complexity index is 478. The summed E-state index contributed by atoms with van der Waals surface area (Å²) in [6, 6.07) is 8.13. The van der Waals surface area contributed by atoms with Gasteiger partial charge in [-0.1, -0.05) is 23.7 Å². The molecule has 1 amide bonds. The van der Waals surface area contributed by atoms with Crippen LogP contribution in [0.4, 0.5) is 0 Å².